The molecule has 0 radical (unpaired) electrons. The number of nitriles is 4. The molecular weight excluding hydrogens is 384 g/mol. The SMILES string of the molecule is [C-]#[N+]C1=NC2C3N=C(C#N)C(C#N)=NC3C3N=C(C#N)C(C#N)=NC3C2N=C1[N+]#[C-]. The number of hydrogen-bond donors (Lipinski definition) is 0. The predicted octanol–water partition coefficient (Wildman–Crippen LogP) is -0.254. The van der Waals surface area contributed by atoms with E-state index in [9.17, 15) is 21.0 Å². The van der Waals surface area contributed by atoms with Crippen LogP contribution in [0.25, 0.3) is 9.69 Å². The molecule has 3 aliphatic heterocycles. The monoisotopic (exact) mass is 390 g/mol. The number of amidine groups is 2. The summed E-state index contributed by atoms with van der Waals surface area (Å²) in [6, 6.07) is 2.56. The molecule has 30 heavy (non-hydrogen) atoms. The van der Waals surface area contributed by atoms with Crippen LogP contribution in [0.3, 0.4) is 0 Å². The molecule has 6 atom stereocenters. The molecule has 4 aliphatic rings. The van der Waals surface area contributed by atoms with E-state index in [0.29, 0.717) is 0 Å². The highest BCUT2D eigenvalue weighted by Gasteiger charge is 2.59. The van der Waals surface area contributed by atoms with Gasteiger partial charge in [-0.2, -0.15) is 31.0 Å². The first kappa shape index (κ1) is 18.3. The first-order chi connectivity index (χ1) is 14.6. The van der Waals surface area contributed by atoms with Crippen molar-refractivity contribution in [3.8, 4) is 24.3 Å². The summed E-state index contributed by atoms with van der Waals surface area (Å²) in [5.41, 5.74) is -0.681. The average Bonchev–Trinajstić information content (AvgIpc) is 2.81. The molecule has 3 heterocycles. The molecule has 0 saturated heterocycles. The fraction of sp³-hybridized carbons (Fsp3) is 0.333. The lowest BCUT2D eigenvalue weighted by Gasteiger charge is -2.43. The van der Waals surface area contributed by atoms with Gasteiger partial charge in [0.25, 0.3) is 11.7 Å². The summed E-state index contributed by atoms with van der Waals surface area (Å²) in [5, 5.41) is 37.4. The summed E-state index contributed by atoms with van der Waals surface area (Å²) in [5.74, 6) is -0.373. The Kier molecular flexibility index (Phi) is 4.18. The van der Waals surface area contributed by atoms with E-state index in [-0.39, 0.29) is 34.5 Å². The highest BCUT2D eigenvalue weighted by Crippen LogP contribution is 2.38. The summed E-state index contributed by atoms with van der Waals surface area (Å²) in [4.78, 5) is 32.5. The molecule has 0 aromatic carbocycles. The molecule has 1 aliphatic carbocycles. The summed E-state index contributed by atoms with van der Waals surface area (Å²) >= 11 is 0. The number of fused-ring (bicyclic) bond motifs is 6. The fourth-order valence-electron chi connectivity index (χ4n) is 3.85. The Labute approximate surface area is 169 Å². The minimum atomic E-state index is -0.796. The Bertz CT molecular complexity index is 1020. The van der Waals surface area contributed by atoms with Gasteiger partial charge in [0.1, 0.15) is 48.4 Å². The first-order valence-electron chi connectivity index (χ1n) is 8.43. The summed E-state index contributed by atoms with van der Waals surface area (Å²) in [7, 11) is 0. The third kappa shape index (κ3) is 2.47. The van der Waals surface area contributed by atoms with Crippen LogP contribution in [0, 0.1) is 58.5 Å². The molecule has 0 amide bonds. The minimum Gasteiger partial charge on any atom is -0.370 e. The molecule has 0 N–H and O–H groups in total. The number of nitrogens with zero attached hydrogens (tertiary/aromatic N) is 12. The van der Waals surface area contributed by atoms with E-state index in [4.69, 9.17) is 13.1 Å². The van der Waals surface area contributed by atoms with Gasteiger partial charge in [-0.15, -0.1) is 0 Å². The Morgan fingerprint density at radius 1 is 0.500 bits per heavy atom. The van der Waals surface area contributed by atoms with Gasteiger partial charge in [0, 0.05) is 0 Å². The maximum atomic E-state index is 9.34. The topological polar surface area (TPSA) is 178 Å². The zero-order valence-electron chi connectivity index (χ0n) is 14.8. The van der Waals surface area contributed by atoms with Crippen molar-refractivity contribution < 1.29 is 0 Å². The van der Waals surface area contributed by atoms with E-state index in [2.05, 4.69) is 39.6 Å². The van der Waals surface area contributed by atoms with Crippen LogP contribution in [0.5, 0.6) is 0 Å². The maximum absolute atomic E-state index is 9.34. The molecular formula is C18H6N12. The van der Waals surface area contributed by atoms with Crippen molar-refractivity contribution in [3.05, 3.63) is 22.8 Å². The van der Waals surface area contributed by atoms with Crippen molar-refractivity contribution in [2.45, 2.75) is 36.3 Å². The Balaban J connectivity index is 1.94. The average molecular weight is 390 g/mol. The Morgan fingerprint density at radius 3 is 0.933 bits per heavy atom. The van der Waals surface area contributed by atoms with E-state index >= 15 is 0 Å². The van der Waals surface area contributed by atoms with Crippen LogP contribution in [-0.2, 0) is 0 Å². The lowest BCUT2D eigenvalue weighted by Crippen LogP contribution is -2.64. The third-order valence-electron chi connectivity index (χ3n) is 5.04. The predicted molar refractivity (Wildman–Crippen MR) is 103 cm³/mol. The lowest BCUT2D eigenvalue weighted by atomic mass is 9.74. The van der Waals surface area contributed by atoms with Gasteiger partial charge < -0.3 is 9.69 Å². The van der Waals surface area contributed by atoms with Gasteiger partial charge in [0.2, 0.25) is 0 Å². The minimum absolute atomic E-state index is 0.169. The molecule has 0 aromatic rings. The van der Waals surface area contributed by atoms with Crippen molar-refractivity contribution in [3.63, 3.8) is 0 Å². The van der Waals surface area contributed by atoms with Crippen LogP contribution >= 0.6 is 0 Å². The molecule has 0 spiro atoms. The number of aliphatic imine (C=N–C) groups is 6. The van der Waals surface area contributed by atoms with Crippen LogP contribution in [0.2, 0.25) is 0 Å². The van der Waals surface area contributed by atoms with E-state index in [1.165, 1.54) is 0 Å². The molecule has 1 fully saturated rings. The standard InChI is InChI=1S/C18H6N12/c1-23-17-18(24-2)30-16-14-12(26-8(4-20)10(6-22)28-14)11-13(15(16)29-17)27-9(5-21)7(3-19)25-11/h11-16H. The smallest absolute Gasteiger partial charge is 0.288 e. The van der Waals surface area contributed by atoms with Gasteiger partial charge in [-0.3, -0.25) is 20.0 Å². The van der Waals surface area contributed by atoms with E-state index < -0.39 is 36.3 Å². The highest BCUT2D eigenvalue weighted by atomic mass is 15.2. The van der Waals surface area contributed by atoms with Gasteiger partial charge in [-0.1, -0.05) is 13.1 Å². The quantitative estimate of drug-likeness (QED) is 0.518. The van der Waals surface area contributed by atoms with E-state index in [0.717, 1.165) is 0 Å². The summed E-state index contributed by atoms with van der Waals surface area (Å²) in [6.45, 7) is 14.6. The van der Waals surface area contributed by atoms with Crippen LogP contribution < -0.4 is 0 Å². The second-order valence-corrected chi connectivity index (χ2v) is 6.43. The number of hydrogen-bond acceptors (Lipinski definition) is 10. The molecule has 0 aromatic heterocycles. The fourth-order valence-corrected chi connectivity index (χ4v) is 3.85. The molecule has 4 rings (SSSR count). The summed E-state index contributed by atoms with van der Waals surface area (Å²) < 4.78 is 0. The molecule has 138 valence electrons. The Hall–Kier alpha value is -5.04. The van der Waals surface area contributed by atoms with Crippen molar-refractivity contribution >= 4 is 34.5 Å². The molecule has 12 heteroatoms. The van der Waals surface area contributed by atoms with Gasteiger partial charge in [-0.05, 0) is 0 Å². The number of rotatable bonds is 0. The van der Waals surface area contributed by atoms with Crippen molar-refractivity contribution in [1.82, 2.24) is 0 Å². The third-order valence-corrected chi connectivity index (χ3v) is 5.04. The summed E-state index contributed by atoms with van der Waals surface area (Å²) in [6.07, 6.45) is 0. The second kappa shape index (κ2) is 6.84. The van der Waals surface area contributed by atoms with Crippen molar-refractivity contribution in [2.24, 2.45) is 30.0 Å². The van der Waals surface area contributed by atoms with Gasteiger partial charge >= 0.3 is 0 Å². The van der Waals surface area contributed by atoms with Crippen molar-refractivity contribution in [2.75, 3.05) is 0 Å². The van der Waals surface area contributed by atoms with Gasteiger partial charge in [-0.25, -0.2) is 0 Å². The van der Waals surface area contributed by atoms with Gasteiger partial charge in [0.15, 0.2) is 34.9 Å². The molecule has 0 bridgehead atoms. The zero-order chi connectivity index (χ0) is 21.4. The molecule has 6 unspecified atom stereocenters. The maximum Gasteiger partial charge on any atom is 0.288 e. The van der Waals surface area contributed by atoms with E-state index in [1.54, 1.807) is 0 Å². The van der Waals surface area contributed by atoms with Crippen LogP contribution in [0.4, 0.5) is 0 Å². The Morgan fingerprint density at radius 2 is 0.733 bits per heavy atom. The second-order valence-electron chi connectivity index (χ2n) is 6.43. The van der Waals surface area contributed by atoms with Crippen molar-refractivity contribution in [1.29, 1.82) is 21.0 Å². The van der Waals surface area contributed by atoms with Crippen LogP contribution in [-0.4, -0.2) is 70.8 Å². The van der Waals surface area contributed by atoms with Gasteiger partial charge in [0.05, 0.1) is 0 Å². The highest BCUT2D eigenvalue weighted by molar-refractivity contribution is 6.54. The van der Waals surface area contributed by atoms with Crippen LogP contribution in [0.15, 0.2) is 30.0 Å². The molecule has 1 saturated carbocycles. The van der Waals surface area contributed by atoms with Crippen LogP contribution in [0.1, 0.15) is 0 Å². The first-order valence-corrected chi connectivity index (χ1v) is 8.43. The zero-order valence-corrected chi connectivity index (χ0v) is 14.8. The molecule has 12 nitrogen and oxygen atoms in total. The van der Waals surface area contributed by atoms with E-state index in [1.807, 2.05) is 24.3 Å². The largest absolute Gasteiger partial charge is 0.370 e. The normalized spacial score (nSPS) is 33.0. The lowest BCUT2D eigenvalue weighted by molar-refractivity contribution is 0.243.